The molecule has 1 amide bonds. The van der Waals surface area contributed by atoms with Crippen LogP contribution in [0.4, 0.5) is 0 Å². The second-order valence-electron chi connectivity index (χ2n) is 5.54. The highest BCUT2D eigenvalue weighted by molar-refractivity contribution is 8.26. The fraction of sp³-hybridized carbons (Fsp3) is 0. The Labute approximate surface area is 149 Å². The van der Waals surface area contributed by atoms with Crippen LogP contribution < -0.4 is 5.32 Å². The summed E-state index contributed by atoms with van der Waals surface area (Å²) in [6.45, 7) is 0. The maximum atomic E-state index is 11.8. The van der Waals surface area contributed by atoms with Gasteiger partial charge in [-0.25, -0.2) is 0 Å². The Morgan fingerprint density at radius 2 is 1.67 bits per heavy atom. The Hall–Kier alpha value is -2.43. The van der Waals surface area contributed by atoms with Gasteiger partial charge in [-0.2, -0.15) is 0 Å². The van der Waals surface area contributed by atoms with E-state index in [1.807, 2.05) is 30.3 Å². The van der Waals surface area contributed by atoms with Crippen LogP contribution in [0, 0.1) is 0 Å². The molecule has 1 aliphatic heterocycles. The van der Waals surface area contributed by atoms with Crippen molar-refractivity contribution in [3.8, 4) is 11.1 Å². The van der Waals surface area contributed by atoms with E-state index >= 15 is 0 Å². The number of benzene rings is 3. The summed E-state index contributed by atoms with van der Waals surface area (Å²) in [4.78, 5) is 12.4. The first-order valence-electron chi connectivity index (χ1n) is 7.53. The molecule has 3 aromatic carbocycles. The molecule has 0 atom stereocenters. The number of carbonyl (C=O) groups excluding carboxylic acids is 1. The largest absolute Gasteiger partial charge is 0.307 e. The summed E-state index contributed by atoms with van der Waals surface area (Å²) in [5, 5.41) is 5.09. The summed E-state index contributed by atoms with van der Waals surface area (Å²) in [6.07, 6.45) is 1.88. The minimum atomic E-state index is -0.124. The zero-order valence-corrected chi connectivity index (χ0v) is 14.3. The lowest BCUT2D eigenvalue weighted by molar-refractivity contribution is -0.115. The van der Waals surface area contributed by atoms with Crippen LogP contribution in [-0.4, -0.2) is 10.2 Å². The molecule has 0 radical (unpaired) electrons. The molecule has 4 rings (SSSR count). The number of thioether (sulfide) groups is 1. The van der Waals surface area contributed by atoms with Crippen LogP contribution in [0.15, 0.2) is 71.6 Å². The van der Waals surface area contributed by atoms with E-state index in [0.717, 1.165) is 16.7 Å². The molecule has 2 nitrogen and oxygen atoms in total. The molecule has 1 saturated heterocycles. The average molecular weight is 347 g/mol. The molecule has 0 bridgehead atoms. The highest BCUT2D eigenvalue weighted by atomic mass is 32.2. The van der Waals surface area contributed by atoms with E-state index in [9.17, 15) is 4.79 Å². The van der Waals surface area contributed by atoms with E-state index in [2.05, 4.69) is 47.8 Å². The highest BCUT2D eigenvalue weighted by Gasteiger charge is 2.21. The van der Waals surface area contributed by atoms with Crippen molar-refractivity contribution in [3.63, 3.8) is 0 Å². The van der Waals surface area contributed by atoms with Crippen molar-refractivity contribution in [2.24, 2.45) is 0 Å². The third kappa shape index (κ3) is 2.98. The predicted molar refractivity (Wildman–Crippen MR) is 106 cm³/mol. The van der Waals surface area contributed by atoms with Crippen molar-refractivity contribution in [1.29, 1.82) is 0 Å². The van der Waals surface area contributed by atoms with Crippen molar-refractivity contribution in [2.75, 3.05) is 0 Å². The molecule has 1 fully saturated rings. The van der Waals surface area contributed by atoms with Crippen LogP contribution in [0.25, 0.3) is 28.0 Å². The number of hydrogen-bond donors (Lipinski definition) is 1. The average Bonchev–Trinajstić information content (AvgIpc) is 2.92. The Morgan fingerprint density at radius 1 is 0.875 bits per heavy atom. The number of hydrogen-bond acceptors (Lipinski definition) is 3. The molecule has 0 spiro atoms. The first kappa shape index (κ1) is 15.1. The number of carbonyl (C=O) groups is 1. The molecule has 1 heterocycles. The van der Waals surface area contributed by atoms with Crippen LogP contribution in [0.2, 0.25) is 0 Å². The summed E-state index contributed by atoms with van der Waals surface area (Å²) in [5.41, 5.74) is 3.28. The van der Waals surface area contributed by atoms with Gasteiger partial charge in [0.2, 0.25) is 0 Å². The first-order valence-corrected chi connectivity index (χ1v) is 8.76. The Morgan fingerprint density at radius 3 is 2.46 bits per heavy atom. The van der Waals surface area contributed by atoms with Gasteiger partial charge in [0.25, 0.3) is 5.91 Å². The van der Waals surface area contributed by atoms with E-state index in [4.69, 9.17) is 12.2 Å². The molecular weight excluding hydrogens is 334 g/mol. The molecule has 1 aliphatic rings. The normalized spacial score (nSPS) is 15.9. The molecule has 24 heavy (non-hydrogen) atoms. The number of rotatable bonds is 2. The SMILES string of the molecule is O=C1NC(=S)S/C1=C\c1cccc(-c2ccc3ccccc3c2)c1. The Bertz CT molecular complexity index is 1010. The minimum absolute atomic E-state index is 0.124. The molecule has 0 unspecified atom stereocenters. The Balaban J connectivity index is 1.72. The number of thiocarbonyl (C=S) groups is 1. The maximum Gasteiger partial charge on any atom is 0.263 e. The van der Waals surface area contributed by atoms with Crippen LogP contribution >= 0.6 is 24.0 Å². The molecule has 1 N–H and O–H groups in total. The van der Waals surface area contributed by atoms with Gasteiger partial charge < -0.3 is 5.32 Å². The molecule has 0 aromatic heterocycles. The van der Waals surface area contributed by atoms with Gasteiger partial charge in [0.05, 0.1) is 4.91 Å². The zero-order chi connectivity index (χ0) is 16.5. The number of nitrogens with one attached hydrogen (secondary N) is 1. The fourth-order valence-electron chi connectivity index (χ4n) is 2.75. The van der Waals surface area contributed by atoms with Crippen LogP contribution in [0.3, 0.4) is 0 Å². The second-order valence-corrected chi connectivity index (χ2v) is 7.26. The topological polar surface area (TPSA) is 29.1 Å². The van der Waals surface area contributed by atoms with Gasteiger partial charge >= 0.3 is 0 Å². The minimum Gasteiger partial charge on any atom is -0.307 e. The van der Waals surface area contributed by atoms with Gasteiger partial charge in [-0.3, -0.25) is 4.79 Å². The Kier molecular flexibility index (Phi) is 3.92. The smallest absolute Gasteiger partial charge is 0.263 e. The third-order valence-corrected chi connectivity index (χ3v) is 5.07. The summed E-state index contributed by atoms with van der Waals surface area (Å²) >= 11 is 6.33. The van der Waals surface area contributed by atoms with Crippen molar-refractivity contribution in [2.45, 2.75) is 0 Å². The van der Waals surface area contributed by atoms with Gasteiger partial charge in [0.1, 0.15) is 4.32 Å². The van der Waals surface area contributed by atoms with Crippen LogP contribution in [0.1, 0.15) is 5.56 Å². The quantitative estimate of drug-likeness (QED) is 0.523. The van der Waals surface area contributed by atoms with Gasteiger partial charge in [0, 0.05) is 0 Å². The zero-order valence-electron chi connectivity index (χ0n) is 12.7. The van der Waals surface area contributed by atoms with Crippen molar-refractivity contribution < 1.29 is 4.79 Å². The van der Waals surface area contributed by atoms with E-state index < -0.39 is 0 Å². The predicted octanol–water partition coefficient (Wildman–Crippen LogP) is 5.00. The molecule has 3 aromatic rings. The van der Waals surface area contributed by atoms with Gasteiger partial charge in [0.15, 0.2) is 0 Å². The molecule has 0 aliphatic carbocycles. The summed E-state index contributed by atoms with van der Waals surface area (Å²) in [5.74, 6) is -0.124. The lowest BCUT2D eigenvalue weighted by Gasteiger charge is -2.05. The van der Waals surface area contributed by atoms with Crippen LogP contribution in [-0.2, 0) is 4.79 Å². The van der Waals surface area contributed by atoms with Gasteiger partial charge in [-0.05, 0) is 45.7 Å². The number of amides is 1. The number of fused-ring (bicyclic) bond motifs is 1. The first-order chi connectivity index (χ1) is 11.7. The van der Waals surface area contributed by atoms with Crippen LogP contribution in [0.5, 0.6) is 0 Å². The van der Waals surface area contributed by atoms with E-state index in [1.54, 1.807) is 0 Å². The van der Waals surface area contributed by atoms with Gasteiger partial charge in [-0.15, -0.1) is 0 Å². The van der Waals surface area contributed by atoms with E-state index in [1.165, 1.54) is 22.5 Å². The molecule has 116 valence electrons. The highest BCUT2D eigenvalue weighted by Crippen LogP contribution is 2.29. The molecule has 4 heteroatoms. The standard InChI is InChI=1S/C20H13NOS2/c22-19-18(24-20(23)21-19)11-13-4-3-7-15(10-13)17-9-8-14-5-1-2-6-16(14)12-17/h1-12H,(H,21,22,23)/b18-11-. The fourth-order valence-corrected chi connectivity index (χ4v) is 3.79. The monoisotopic (exact) mass is 347 g/mol. The summed E-state index contributed by atoms with van der Waals surface area (Å²) < 4.78 is 0.511. The summed E-state index contributed by atoms with van der Waals surface area (Å²) in [6, 6.07) is 22.9. The van der Waals surface area contributed by atoms with E-state index in [0.29, 0.717) is 9.23 Å². The lowest BCUT2D eigenvalue weighted by atomic mass is 9.99. The van der Waals surface area contributed by atoms with Gasteiger partial charge in [-0.1, -0.05) is 78.6 Å². The van der Waals surface area contributed by atoms with E-state index in [-0.39, 0.29) is 5.91 Å². The van der Waals surface area contributed by atoms with Crippen molar-refractivity contribution in [1.82, 2.24) is 5.32 Å². The van der Waals surface area contributed by atoms with Crippen molar-refractivity contribution >= 4 is 51.1 Å². The molecular formula is C20H13NOS2. The third-order valence-electron chi connectivity index (χ3n) is 3.91. The maximum absolute atomic E-state index is 11.8. The molecule has 0 saturated carbocycles. The van der Waals surface area contributed by atoms with Crippen molar-refractivity contribution in [3.05, 3.63) is 77.2 Å². The second kappa shape index (κ2) is 6.23. The summed E-state index contributed by atoms with van der Waals surface area (Å²) in [7, 11) is 0. The lowest BCUT2D eigenvalue weighted by Crippen LogP contribution is -2.17.